The quantitative estimate of drug-likeness (QED) is 0.703. The summed E-state index contributed by atoms with van der Waals surface area (Å²) < 4.78 is 5.66. The van der Waals surface area contributed by atoms with Gasteiger partial charge in [-0.05, 0) is 46.7 Å². The second-order valence-corrected chi connectivity index (χ2v) is 5.08. The van der Waals surface area contributed by atoms with Crippen LogP contribution in [0.3, 0.4) is 0 Å². The smallest absolute Gasteiger partial charge is 0.0674 e. The van der Waals surface area contributed by atoms with Crippen molar-refractivity contribution in [1.82, 2.24) is 10.2 Å². The normalized spacial score (nSPS) is 29.2. The molecule has 0 aromatic carbocycles. The maximum Gasteiger partial charge on any atom is 0.0674 e. The van der Waals surface area contributed by atoms with Crippen LogP contribution in [0, 0.1) is 0 Å². The Kier molecular flexibility index (Phi) is 6.32. The van der Waals surface area contributed by atoms with E-state index in [1.165, 1.54) is 12.8 Å². The van der Waals surface area contributed by atoms with Gasteiger partial charge in [-0.15, -0.1) is 0 Å². The second-order valence-electron chi connectivity index (χ2n) is 5.08. The number of nitrogens with one attached hydrogen (secondary N) is 1. The number of hydrogen-bond acceptors (Lipinski definition) is 3. The van der Waals surface area contributed by atoms with Gasteiger partial charge in [-0.2, -0.15) is 0 Å². The predicted molar refractivity (Wildman–Crippen MR) is 68.8 cm³/mol. The summed E-state index contributed by atoms with van der Waals surface area (Å²) in [5, 5.41) is 3.47. The van der Waals surface area contributed by atoms with Crippen LogP contribution in [0.25, 0.3) is 0 Å². The van der Waals surface area contributed by atoms with E-state index in [4.69, 9.17) is 4.74 Å². The van der Waals surface area contributed by atoms with Crippen LogP contribution in [0.4, 0.5) is 0 Å². The minimum Gasteiger partial charge on any atom is -0.376 e. The molecular formula is C13H28N2O. The van der Waals surface area contributed by atoms with Gasteiger partial charge in [-0.3, -0.25) is 4.90 Å². The third-order valence-corrected chi connectivity index (χ3v) is 3.39. The molecule has 1 saturated heterocycles. The van der Waals surface area contributed by atoms with Gasteiger partial charge in [0.15, 0.2) is 0 Å². The Bertz CT molecular complexity index is 187. The fourth-order valence-electron chi connectivity index (χ4n) is 2.32. The summed E-state index contributed by atoms with van der Waals surface area (Å²) in [4.78, 5) is 2.59. The van der Waals surface area contributed by atoms with Gasteiger partial charge in [-0.1, -0.05) is 6.92 Å². The molecule has 1 fully saturated rings. The molecule has 16 heavy (non-hydrogen) atoms. The van der Waals surface area contributed by atoms with Gasteiger partial charge in [0.05, 0.1) is 12.7 Å². The Morgan fingerprint density at radius 1 is 1.38 bits per heavy atom. The molecule has 3 nitrogen and oxygen atoms in total. The van der Waals surface area contributed by atoms with E-state index in [9.17, 15) is 0 Å². The first-order chi connectivity index (χ1) is 7.65. The lowest BCUT2D eigenvalue weighted by Crippen LogP contribution is -2.51. The van der Waals surface area contributed by atoms with Gasteiger partial charge in [0.25, 0.3) is 0 Å². The zero-order chi connectivity index (χ0) is 12.0. The number of morpholine rings is 1. The molecule has 1 heterocycles. The number of nitrogens with zero attached hydrogens (tertiary/aromatic N) is 1. The van der Waals surface area contributed by atoms with Crippen molar-refractivity contribution in [1.29, 1.82) is 0 Å². The molecule has 0 spiro atoms. The molecule has 0 saturated carbocycles. The molecule has 3 atom stereocenters. The molecule has 3 unspecified atom stereocenters. The van der Waals surface area contributed by atoms with E-state index in [-0.39, 0.29) is 0 Å². The maximum absolute atomic E-state index is 5.66. The molecule has 0 aromatic heterocycles. The molecule has 0 aliphatic carbocycles. The summed E-state index contributed by atoms with van der Waals surface area (Å²) in [7, 11) is 0. The van der Waals surface area contributed by atoms with Crippen molar-refractivity contribution in [3.63, 3.8) is 0 Å². The summed E-state index contributed by atoms with van der Waals surface area (Å²) in [6.07, 6.45) is 2.85. The lowest BCUT2D eigenvalue weighted by Gasteiger charge is -2.40. The van der Waals surface area contributed by atoms with Crippen molar-refractivity contribution in [3.8, 4) is 0 Å². The minimum absolute atomic E-state index is 0.391. The Hall–Kier alpha value is -0.120. The fourth-order valence-corrected chi connectivity index (χ4v) is 2.32. The van der Waals surface area contributed by atoms with Crippen LogP contribution < -0.4 is 5.32 Å². The zero-order valence-electron chi connectivity index (χ0n) is 11.3. The lowest BCUT2D eigenvalue weighted by molar-refractivity contribution is -0.0642. The van der Waals surface area contributed by atoms with Crippen molar-refractivity contribution in [2.75, 3.05) is 26.2 Å². The van der Waals surface area contributed by atoms with Gasteiger partial charge in [0.2, 0.25) is 0 Å². The van der Waals surface area contributed by atoms with Gasteiger partial charge in [-0.25, -0.2) is 0 Å². The van der Waals surface area contributed by atoms with Gasteiger partial charge in [0, 0.05) is 18.6 Å². The zero-order valence-corrected chi connectivity index (χ0v) is 11.3. The molecule has 0 radical (unpaired) electrons. The van der Waals surface area contributed by atoms with Crippen LogP contribution in [-0.2, 0) is 4.74 Å². The van der Waals surface area contributed by atoms with E-state index in [1.807, 2.05) is 0 Å². The molecule has 0 amide bonds. The SMILES string of the molecule is CCCNCCC(C)N1CC(C)OCC1C. The predicted octanol–water partition coefficient (Wildman–Crippen LogP) is 1.87. The van der Waals surface area contributed by atoms with E-state index in [2.05, 4.69) is 37.9 Å². The van der Waals surface area contributed by atoms with Crippen molar-refractivity contribution < 1.29 is 4.74 Å². The molecule has 3 heteroatoms. The van der Waals surface area contributed by atoms with Crippen molar-refractivity contribution in [3.05, 3.63) is 0 Å². The highest BCUT2D eigenvalue weighted by atomic mass is 16.5. The standard InChI is InChI=1S/C13H28N2O/c1-5-7-14-8-6-11(2)15-9-13(4)16-10-12(15)3/h11-14H,5-10H2,1-4H3. The highest BCUT2D eigenvalue weighted by Crippen LogP contribution is 2.16. The summed E-state index contributed by atoms with van der Waals surface area (Å²) in [6.45, 7) is 13.2. The van der Waals surface area contributed by atoms with Gasteiger partial charge < -0.3 is 10.1 Å². The average molecular weight is 228 g/mol. The largest absolute Gasteiger partial charge is 0.376 e. The van der Waals surface area contributed by atoms with Crippen molar-refractivity contribution in [2.45, 2.75) is 58.7 Å². The highest BCUT2D eigenvalue weighted by molar-refractivity contribution is 4.80. The number of ether oxygens (including phenoxy) is 1. The first-order valence-electron chi connectivity index (χ1n) is 6.73. The van der Waals surface area contributed by atoms with E-state index >= 15 is 0 Å². The fraction of sp³-hybridized carbons (Fsp3) is 1.00. The molecule has 96 valence electrons. The van der Waals surface area contributed by atoms with E-state index in [0.717, 1.165) is 26.2 Å². The summed E-state index contributed by atoms with van der Waals surface area (Å²) in [5.74, 6) is 0. The third-order valence-electron chi connectivity index (χ3n) is 3.39. The summed E-state index contributed by atoms with van der Waals surface area (Å²) in [6, 6.07) is 1.23. The summed E-state index contributed by atoms with van der Waals surface area (Å²) >= 11 is 0. The maximum atomic E-state index is 5.66. The summed E-state index contributed by atoms with van der Waals surface area (Å²) in [5.41, 5.74) is 0. The Labute approximate surface area is 101 Å². The molecular weight excluding hydrogens is 200 g/mol. The Morgan fingerprint density at radius 2 is 2.12 bits per heavy atom. The van der Waals surface area contributed by atoms with Crippen LogP contribution in [0.5, 0.6) is 0 Å². The van der Waals surface area contributed by atoms with E-state index in [0.29, 0.717) is 18.2 Å². The van der Waals surface area contributed by atoms with Crippen LogP contribution in [0.1, 0.15) is 40.5 Å². The van der Waals surface area contributed by atoms with Crippen molar-refractivity contribution >= 4 is 0 Å². The number of rotatable bonds is 6. The lowest BCUT2D eigenvalue weighted by atomic mass is 10.1. The van der Waals surface area contributed by atoms with Crippen LogP contribution in [0.2, 0.25) is 0 Å². The molecule has 1 aliphatic heterocycles. The Balaban J connectivity index is 2.25. The third kappa shape index (κ3) is 4.40. The van der Waals surface area contributed by atoms with Crippen molar-refractivity contribution in [2.24, 2.45) is 0 Å². The highest BCUT2D eigenvalue weighted by Gasteiger charge is 2.26. The van der Waals surface area contributed by atoms with E-state index in [1.54, 1.807) is 0 Å². The minimum atomic E-state index is 0.391. The number of hydrogen-bond donors (Lipinski definition) is 1. The monoisotopic (exact) mass is 228 g/mol. The van der Waals surface area contributed by atoms with Gasteiger partial charge >= 0.3 is 0 Å². The first-order valence-corrected chi connectivity index (χ1v) is 6.73. The molecule has 0 bridgehead atoms. The molecule has 1 aliphatic rings. The molecule has 0 aromatic rings. The topological polar surface area (TPSA) is 24.5 Å². The van der Waals surface area contributed by atoms with Crippen LogP contribution in [0.15, 0.2) is 0 Å². The molecule has 1 N–H and O–H groups in total. The Morgan fingerprint density at radius 3 is 2.81 bits per heavy atom. The average Bonchev–Trinajstić information content (AvgIpc) is 2.27. The molecule has 1 rings (SSSR count). The van der Waals surface area contributed by atoms with Crippen LogP contribution in [-0.4, -0.2) is 49.3 Å². The second kappa shape index (κ2) is 7.25. The van der Waals surface area contributed by atoms with Crippen LogP contribution >= 0.6 is 0 Å². The van der Waals surface area contributed by atoms with E-state index < -0.39 is 0 Å². The van der Waals surface area contributed by atoms with Gasteiger partial charge in [0.1, 0.15) is 0 Å². The first kappa shape index (κ1) is 13.9.